The van der Waals surface area contributed by atoms with Crippen LogP contribution in [-0.2, 0) is 10.0 Å². The Kier molecular flexibility index (Phi) is 5.31. The molecule has 0 spiro atoms. The molecule has 0 radical (unpaired) electrons. The van der Waals surface area contributed by atoms with Gasteiger partial charge < -0.3 is 5.73 Å². The minimum atomic E-state index is -3.69. The number of nitrogens with one attached hydrogen (secondary N) is 1. The van der Waals surface area contributed by atoms with Crippen LogP contribution in [0.2, 0.25) is 0 Å². The maximum absolute atomic E-state index is 13.5. The minimum absolute atomic E-state index is 0.127. The van der Waals surface area contributed by atoms with Crippen LogP contribution in [0.3, 0.4) is 0 Å². The molecule has 1 aromatic rings. The number of rotatable bonds is 6. The van der Waals surface area contributed by atoms with E-state index in [9.17, 15) is 12.8 Å². The van der Waals surface area contributed by atoms with Crippen molar-refractivity contribution < 1.29 is 12.8 Å². The van der Waals surface area contributed by atoms with E-state index in [2.05, 4.69) is 18.6 Å². The third kappa shape index (κ3) is 4.47. The van der Waals surface area contributed by atoms with Crippen LogP contribution in [0.15, 0.2) is 17.0 Å². The number of nitrogen functional groups attached to an aromatic ring is 1. The van der Waals surface area contributed by atoms with Gasteiger partial charge in [0.25, 0.3) is 0 Å². The van der Waals surface area contributed by atoms with E-state index in [4.69, 9.17) is 5.73 Å². The average molecular weight is 288 g/mol. The van der Waals surface area contributed by atoms with Gasteiger partial charge in [-0.05, 0) is 37.8 Å². The molecule has 19 heavy (non-hydrogen) atoms. The van der Waals surface area contributed by atoms with Gasteiger partial charge in [0.2, 0.25) is 10.0 Å². The topological polar surface area (TPSA) is 72.2 Å². The number of anilines is 1. The lowest BCUT2D eigenvalue weighted by Crippen LogP contribution is -2.25. The second-order valence-electron chi connectivity index (χ2n) is 5.05. The standard InChI is InChI=1S/C13H21FN2O2S/c1-9(2)5-4-6-16-19(17,18)11-7-12(14)10(3)13(15)8-11/h7-9,16H,4-6,15H2,1-3H3. The largest absolute Gasteiger partial charge is 0.398 e. The molecule has 0 unspecified atom stereocenters. The molecule has 1 aromatic carbocycles. The van der Waals surface area contributed by atoms with Crippen molar-refractivity contribution in [1.29, 1.82) is 0 Å². The van der Waals surface area contributed by atoms with Crippen LogP contribution >= 0.6 is 0 Å². The van der Waals surface area contributed by atoms with Crippen molar-refractivity contribution in [3.63, 3.8) is 0 Å². The van der Waals surface area contributed by atoms with Gasteiger partial charge in [-0.2, -0.15) is 0 Å². The van der Waals surface area contributed by atoms with E-state index in [0.717, 1.165) is 18.9 Å². The van der Waals surface area contributed by atoms with E-state index in [1.165, 1.54) is 13.0 Å². The summed E-state index contributed by atoms with van der Waals surface area (Å²) in [6, 6.07) is 2.28. The SMILES string of the molecule is Cc1c(N)cc(S(=O)(=O)NCCCC(C)C)cc1F. The zero-order chi connectivity index (χ0) is 14.6. The average Bonchev–Trinajstić information content (AvgIpc) is 2.31. The van der Waals surface area contributed by atoms with Crippen molar-refractivity contribution >= 4 is 15.7 Å². The van der Waals surface area contributed by atoms with E-state index in [0.29, 0.717) is 12.5 Å². The van der Waals surface area contributed by atoms with Gasteiger partial charge in [-0.15, -0.1) is 0 Å². The molecule has 1 rings (SSSR count). The van der Waals surface area contributed by atoms with Crippen molar-refractivity contribution in [3.05, 3.63) is 23.5 Å². The summed E-state index contributed by atoms with van der Waals surface area (Å²) in [6.07, 6.45) is 1.69. The number of hydrogen-bond acceptors (Lipinski definition) is 3. The van der Waals surface area contributed by atoms with Crippen molar-refractivity contribution in [2.24, 2.45) is 5.92 Å². The molecule has 0 aliphatic rings. The molecule has 0 aliphatic carbocycles. The molecule has 0 saturated carbocycles. The van der Waals surface area contributed by atoms with Crippen molar-refractivity contribution in [2.45, 2.75) is 38.5 Å². The molecule has 108 valence electrons. The summed E-state index contributed by atoms with van der Waals surface area (Å²) >= 11 is 0. The quantitative estimate of drug-likeness (QED) is 0.624. The minimum Gasteiger partial charge on any atom is -0.398 e. The Morgan fingerprint density at radius 1 is 1.37 bits per heavy atom. The highest BCUT2D eigenvalue weighted by molar-refractivity contribution is 7.89. The third-order valence-corrected chi connectivity index (χ3v) is 4.36. The van der Waals surface area contributed by atoms with E-state index in [-0.39, 0.29) is 16.1 Å². The van der Waals surface area contributed by atoms with Crippen LogP contribution in [0.5, 0.6) is 0 Å². The summed E-state index contributed by atoms with van der Waals surface area (Å²) in [4.78, 5) is -0.127. The van der Waals surface area contributed by atoms with Crippen LogP contribution in [0.1, 0.15) is 32.3 Å². The van der Waals surface area contributed by atoms with Crippen molar-refractivity contribution in [1.82, 2.24) is 4.72 Å². The molecular weight excluding hydrogens is 267 g/mol. The Balaban J connectivity index is 2.78. The van der Waals surface area contributed by atoms with E-state index < -0.39 is 15.8 Å². The van der Waals surface area contributed by atoms with Gasteiger partial charge in [-0.3, -0.25) is 0 Å². The van der Waals surface area contributed by atoms with Gasteiger partial charge >= 0.3 is 0 Å². The van der Waals surface area contributed by atoms with Crippen LogP contribution in [0.25, 0.3) is 0 Å². The normalized spacial score (nSPS) is 12.1. The lowest BCUT2D eigenvalue weighted by molar-refractivity contribution is 0.539. The summed E-state index contributed by atoms with van der Waals surface area (Å²) < 4.78 is 39.9. The number of benzene rings is 1. The summed E-state index contributed by atoms with van der Waals surface area (Å²) in [6.45, 7) is 6.00. The predicted octanol–water partition coefficient (Wildman–Crippen LogP) is 2.43. The number of sulfonamides is 1. The fraction of sp³-hybridized carbons (Fsp3) is 0.538. The monoisotopic (exact) mass is 288 g/mol. The lowest BCUT2D eigenvalue weighted by atomic mass is 10.1. The maximum Gasteiger partial charge on any atom is 0.240 e. The first-order valence-corrected chi connectivity index (χ1v) is 7.77. The van der Waals surface area contributed by atoms with Gasteiger partial charge in [0, 0.05) is 17.8 Å². The molecule has 0 saturated heterocycles. The molecule has 0 heterocycles. The van der Waals surface area contributed by atoms with Crippen LogP contribution < -0.4 is 10.5 Å². The van der Waals surface area contributed by atoms with Crippen LogP contribution in [0, 0.1) is 18.7 Å². The first kappa shape index (κ1) is 15.9. The second-order valence-corrected chi connectivity index (χ2v) is 6.82. The molecule has 6 heteroatoms. The molecule has 0 aromatic heterocycles. The molecule has 3 N–H and O–H groups in total. The first-order chi connectivity index (χ1) is 8.74. The Bertz CT molecular complexity index is 519. The maximum atomic E-state index is 13.5. The van der Waals surface area contributed by atoms with E-state index >= 15 is 0 Å². The molecule has 0 fully saturated rings. The van der Waals surface area contributed by atoms with E-state index in [1.54, 1.807) is 0 Å². The Morgan fingerprint density at radius 3 is 2.53 bits per heavy atom. The molecule has 4 nitrogen and oxygen atoms in total. The number of halogens is 1. The van der Waals surface area contributed by atoms with Crippen molar-refractivity contribution in [2.75, 3.05) is 12.3 Å². The molecule has 0 amide bonds. The number of hydrogen-bond donors (Lipinski definition) is 2. The fourth-order valence-electron chi connectivity index (χ4n) is 1.63. The van der Waals surface area contributed by atoms with Gasteiger partial charge in [-0.1, -0.05) is 13.8 Å². The molecular formula is C13H21FN2O2S. The predicted molar refractivity (Wildman–Crippen MR) is 74.8 cm³/mol. The highest BCUT2D eigenvalue weighted by Gasteiger charge is 2.16. The summed E-state index contributed by atoms with van der Waals surface area (Å²) in [7, 11) is -3.69. The van der Waals surface area contributed by atoms with Crippen LogP contribution in [0.4, 0.5) is 10.1 Å². The molecule has 0 aliphatic heterocycles. The highest BCUT2D eigenvalue weighted by atomic mass is 32.2. The fourth-order valence-corrected chi connectivity index (χ4v) is 2.75. The zero-order valence-electron chi connectivity index (χ0n) is 11.5. The first-order valence-electron chi connectivity index (χ1n) is 6.29. The van der Waals surface area contributed by atoms with Gasteiger partial charge in [0.15, 0.2) is 0 Å². The Morgan fingerprint density at radius 2 is 2.00 bits per heavy atom. The molecule has 0 bridgehead atoms. The lowest BCUT2D eigenvalue weighted by Gasteiger charge is -2.10. The second kappa shape index (κ2) is 6.34. The van der Waals surface area contributed by atoms with Crippen LogP contribution in [-0.4, -0.2) is 15.0 Å². The summed E-state index contributed by atoms with van der Waals surface area (Å²) in [5.41, 5.74) is 5.98. The third-order valence-electron chi connectivity index (χ3n) is 2.92. The number of nitrogens with two attached hydrogens (primary N) is 1. The van der Waals surface area contributed by atoms with E-state index in [1.807, 2.05) is 0 Å². The van der Waals surface area contributed by atoms with Crippen molar-refractivity contribution in [3.8, 4) is 0 Å². The summed E-state index contributed by atoms with van der Waals surface area (Å²) in [5, 5.41) is 0. The highest BCUT2D eigenvalue weighted by Crippen LogP contribution is 2.20. The molecule has 0 atom stereocenters. The van der Waals surface area contributed by atoms with Gasteiger partial charge in [0.05, 0.1) is 4.90 Å². The zero-order valence-corrected chi connectivity index (χ0v) is 12.3. The van der Waals surface area contributed by atoms with Gasteiger partial charge in [0.1, 0.15) is 5.82 Å². The Labute approximate surface area is 114 Å². The smallest absolute Gasteiger partial charge is 0.240 e. The Hall–Kier alpha value is -1.14. The van der Waals surface area contributed by atoms with Gasteiger partial charge in [-0.25, -0.2) is 17.5 Å². The summed E-state index contributed by atoms with van der Waals surface area (Å²) in [5.74, 6) is -0.0838.